The number of nitrogens with two attached hydrogens (primary N) is 1. The predicted molar refractivity (Wildman–Crippen MR) is 59.0 cm³/mol. The Kier molecular flexibility index (Phi) is 8.69. The third kappa shape index (κ3) is 10.3. The van der Waals surface area contributed by atoms with Gasteiger partial charge in [-0.3, -0.25) is 4.79 Å². The van der Waals surface area contributed by atoms with Crippen molar-refractivity contribution >= 4 is 5.91 Å². The summed E-state index contributed by atoms with van der Waals surface area (Å²) in [6, 6.07) is -0.227. The normalized spacial score (nSPS) is 13.4. The Balaban J connectivity index is 3.74. The maximum Gasteiger partial charge on any atom is 0.411 e. The summed E-state index contributed by atoms with van der Waals surface area (Å²) in [7, 11) is 1.49. The van der Waals surface area contributed by atoms with E-state index in [0.29, 0.717) is 19.6 Å². The van der Waals surface area contributed by atoms with Gasteiger partial charge in [-0.15, -0.1) is 0 Å². The molecule has 108 valence electrons. The molecule has 0 saturated heterocycles. The van der Waals surface area contributed by atoms with E-state index in [9.17, 15) is 18.0 Å². The average molecular weight is 272 g/mol. The van der Waals surface area contributed by atoms with Crippen LogP contribution < -0.4 is 11.1 Å². The SMILES string of the molecule is COCC(CCN)NC(=O)CCOCC(F)(F)F. The first-order chi connectivity index (χ1) is 8.39. The first-order valence-electron chi connectivity index (χ1n) is 5.52. The van der Waals surface area contributed by atoms with Gasteiger partial charge < -0.3 is 20.5 Å². The molecule has 0 bridgehead atoms. The van der Waals surface area contributed by atoms with Crippen LogP contribution in [0.15, 0.2) is 0 Å². The van der Waals surface area contributed by atoms with Crippen molar-refractivity contribution in [2.45, 2.75) is 25.1 Å². The number of rotatable bonds is 9. The molecular weight excluding hydrogens is 253 g/mol. The van der Waals surface area contributed by atoms with Gasteiger partial charge in [-0.25, -0.2) is 0 Å². The van der Waals surface area contributed by atoms with Crippen LogP contribution in [0, 0.1) is 0 Å². The molecule has 1 amide bonds. The minimum Gasteiger partial charge on any atom is -0.383 e. The zero-order chi connectivity index (χ0) is 14.0. The second-order valence-corrected chi connectivity index (χ2v) is 3.71. The molecule has 5 nitrogen and oxygen atoms in total. The van der Waals surface area contributed by atoms with Gasteiger partial charge in [0.25, 0.3) is 0 Å². The lowest BCUT2D eigenvalue weighted by Crippen LogP contribution is -2.39. The molecule has 0 aliphatic heterocycles. The molecule has 0 heterocycles. The van der Waals surface area contributed by atoms with Gasteiger partial charge in [0.05, 0.1) is 19.3 Å². The summed E-state index contributed by atoms with van der Waals surface area (Å²) < 4.78 is 44.4. The highest BCUT2D eigenvalue weighted by Gasteiger charge is 2.27. The van der Waals surface area contributed by atoms with Crippen LogP contribution in [0.3, 0.4) is 0 Å². The van der Waals surface area contributed by atoms with Gasteiger partial charge in [0.2, 0.25) is 5.91 Å². The number of hydrogen-bond acceptors (Lipinski definition) is 4. The number of alkyl halides is 3. The highest BCUT2D eigenvalue weighted by Crippen LogP contribution is 2.14. The summed E-state index contributed by atoms with van der Waals surface area (Å²) in [4.78, 5) is 11.4. The number of halogens is 3. The minimum atomic E-state index is -4.37. The van der Waals surface area contributed by atoms with Gasteiger partial charge in [0.1, 0.15) is 6.61 Å². The van der Waals surface area contributed by atoms with Gasteiger partial charge >= 0.3 is 6.18 Å². The van der Waals surface area contributed by atoms with Crippen molar-refractivity contribution in [2.75, 3.05) is 33.5 Å². The molecular formula is C10H19F3N2O3. The summed E-state index contributed by atoms with van der Waals surface area (Å²) in [6.07, 6.45) is -3.95. The number of carbonyl (C=O) groups is 1. The van der Waals surface area contributed by atoms with Gasteiger partial charge in [-0.1, -0.05) is 0 Å². The molecule has 0 saturated carbocycles. The van der Waals surface area contributed by atoms with E-state index in [0.717, 1.165) is 0 Å². The van der Waals surface area contributed by atoms with E-state index < -0.39 is 12.8 Å². The quantitative estimate of drug-likeness (QED) is 0.597. The summed E-state index contributed by atoms with van der Waals surface area (Å²) in [6.45, 7) is -0.913. The molecule has 0 fully saturated rings. The number of methoxy groups -OCH3 is 1. The van der Waals surface area contributed by atoms with E-state index in [1.165, 1.54) is 7.11 Å². The maximum atomic E-state index is 11.7. The fourth-order valence-electron chi connectivity index (χ4n) is 1.25. The third-order valence-electron chi connectivity index (χ3n) is 1.99. The zero-order valence-corrected chi connectivity index (χ0v) is 10.3. The molecule has 0 aliphatic rings. The lowest BCUT2D eigenvalue weighted by molar-refractivity contribution is -0.174. The van der Waals surface area contributed by atoms with Gasteiger partial charge in [0, 0.05) is 13.5 Å². The van der Waals surface area contributed by atoms with E-state index in [1.54, 1.807) is 0 Å². The average Bonchev–Trinajstić information content (AvgIpc) is 2.24. The smallest absolute Gasteiger partial charge is 0.383 e. The van der Waals surface area contributed by atoms with Crippen LogP contribution in [-0.2, 0) is 14.3 Å². The Labute approximate surface area is 104 Å². The standard InChI is InChI=1S/C10H19F3N2O3/c1-17-6-8(2-4-14)15-9(16)3-5-18-7-10(11,12)13/h8H,2-7,14H2,1H3,(H,15,16). The molecule has 0 spiro atoms. The highest BCUT2D eigenvalue weighted by molar-refractivity contribution is 5.76. The Hall–Kier alpha value is -0.860. The van der Waals surface area contributed by atoms with E-state index >= 15 is 0 Å². The van der Waals surface area contributed by atoms with Crippen molar-refractivity contribution < 1.29 is 27.4 Å². The van der Waals surface area contributed by atoms with Crippen LogP contribution in [0.5, 0.6) is 0 Å². The molecule has 0 aliphatic carbocycles. The zero-order valence-electron chi connectivity index (χ0n) is 10.3. The van der Waals surface area contributed by atoms with Gasteiger partial charge in [-0.2, -0.15) is 13.2 Å². The maximum absolute atomic E-state index is 11.7. The highest BCUT2D eigenvalue weighted by atomic mass is 19.4. The number of hydrogen-bond donors (Lipinski definition) is 2. The number of nitrogens with one attached hydrogen (secondary N) is 1. The lowest BCUT2D eigenvalue weighted by Gasteiger charge is -2.17. The largest absolute Gasteiger partial charge is 0.411 e. The van der Waals surface area contributed by atoms with Crippen LogP contribution >= 0.6 is 0 Å². The fourth-order valence-corrected chi connectivity index (χ4v) is 1.25. The van der Waals surface area contributed by atoms with E-state index in [1.807, 2.05) is 0 Å². The van der Waals surface area contributed by atoms with Crippen molar-refractivity contribution in [3.05, 3.63) is 0 Å². The summed E-state index contributed by atoms with van der Waals surface area (Å²) >= 11 is 0. The van der Waals surface area contributed by atoms with Crippen LogP contribution in [-0.4, -0.2) is 51.6 Å². The Morgan fingerprint density at radius 1 is 1.44 bits per heavy atom. The first kappa shape index (κ1) is 17.1. The topological polar surface area (TPSA) is 73.6 Å². The van der Waals surface area contributed by atoms with E-state index in [4.69, 9.17) is 10.5 Å². The molecule has 18 heavy (non-hydrogen) atoms. The van der Waals surface area contributed by atoms with Gasteiger partial charge in [-0.05, 0) is 13.0 Å². The molecule has 0 aromatic rings. The lowest BCUT2D eigenvalue weighted by atomic mass is 10.2. The molecule has 0 aromatic heterocycles. The van der Waals surface area contributed by atoms with Crippen molar-refractivity contribution in [1.82, 2.24) is 5.32 Å². The molecule has 3 N–H and O–H groups in total. The fraction of sp³-hybridized carbons (Fsp3) is 0.900. The summed E-state index contributed by atoms with van der Waals surface area (Å²) in [5.41, 5.74) is 5.35. The van der Waals surface area contributed by atoms with Crippen molar-refractivity contribution in [3.8, 4) is 0 Å². The molecule has 0 radical (unpaired) electrons. The summed E-state index contributed by atoms with van der Waals surface area (Å²) in [5, 5.41) is 2.61. The Bertz CT molecular complexity index is 231. The molecule has 1 unspecified atom stereocenters. The third-order valence-corrected chi connectivity index (χ3v) is 1.99. The second kappa shape index (κ2) is 9.12. The van der Waals surface area contributed by atoms with Crippen LogP contribution in [0.4, 0.5) is 13.2 Å². The molecule has 0 rings (SSSR count). The monoisotopic (exact) mass is 272 g/mol. The number of amides is 1. The molecule has 0 aromatic carbocycles. The van der Waals surface area contributed by atoms with Crippen molar-refractivity contribution in [3.63, 3.8) is 0 Å². The van der Waals surface area contributed by atoms with Crippen LogP contribution in [0.2, 0.25) is 0 Å². The van der Waals surface area contributed by atoms with Crippen LogP contribution in [0.25, 0.3) is 0 Å². The summed E-state index contributed by atoms with van der Waals surface area (Å²) in [5.74, 6) is -0.382. The number of ether oxygens (including phenoxy) is 2. The Morgan fingerprint density at radius 2 is 2.11 bits per heavy atom. The molecule has 1 atom stereocenters. The minimum absolute atomic E-state index is 0.124. The van der Waals surface area contributed by atoms with E-state index in [2.05, 4.69) is 10.1 Å². The Morgan fingerprint density at radius 3 is 2.61 bits per heavy atom. The second-order valence-electron chi connectivity index (χ2n) is 3.71. The van der Waals surface area contributed by atoms with Gasteiger partial charge in [0.15, 0.2) is 0 Å². The van der Waals surface area contributed by atoms with Crippen molar-refractivity contribution in [2.24, 2.45) is 5.73 Å². The first-order valence-corrected chi connectivity index (χ1v) is 5.52. The van der Waals surface area contributed by atoms with Crippen LogP contribution in [0.1, 0.15) is 12.8 Å². The number of carbonyl (C=O) groups excluding carboxylic acids is 1. The predicted octanol–water partition coefficient (Wildman–Crippen LogP) is 0.435. The molecule has 8 heteroatoms. The van der Waals surface area contributed by atoms with Crippen molar-refractivity contribution in [1.29, 1.82) is 0 Å². The van der Waals surface area contributed by atoms with E-state index in [-0.39, 0.29) is 25.0 Å².